The van der Waals surface area contributed by atoms with Crippen LogP contribution >= 0.6 is 0 Å². The van der Waals surface area contributed by atoms with Crippen molar-refractivity contribution in [2.75, 3.05) is 12.4 Å². The number of phenols is 1. The number of nitriles is 1. The standard InChI is InChI=1S/C27H21N5O3/c1-16-11-12-18(26(34)29-2)14-23(16)31-32-24-20-9-5-3-7-17(20)13-21(25(24)33)27(35)30-22-10-6-4-8-19(22)15-28/h3-14,33H,1-2H3,(H,29,34)(H,30,35). The van der Waals surface area contributed by atoms with E-state index < -0.39 is 5.91 Å². The maximum atomic E-state index is 13.1. The van der Waals surface area contributed by atoms with Crippen LogP contribution in [0.25, 0.3) is 10.8 Å². The first-order valence-electron chi connectivity index (χ1n) is 10.7. The predicted molar refractivity (Wildman–Crippen MR) is 133 cm³/mol. The fraction of sp³-hybridized carbons (Fsp3) is 0.0741. The zero-order valence-corrected chi connectivity index (χ0v) is 19.0. The molecule has 0 aliphatic rings. The highest BCUT2D eigenvalue weighted by Crippen LogP contribution is 2.40. The lowest BCUT2D eigenvalue weighted by Crippen LogP contribution is -2.17. The Kier molecular flexibility index (Phi) is 6.51. The van der Waals surface area contributed by atoms with Crippen molar-refractivity contribution in [1.29, 1.82) is 5.26 Å². The van der Waals surface area contributed by atoms with Crippen molar-refractivity contribution in [3.63, 3.8) is 0 Å². The summed E-state index contributed by atoms with van der Waals surface area (Å²) in [7, 11) is 1.54. The van der Waals surface area contributed by atoms with Crippen molar-refractivity contribution >= 4 is 39.6 Å². The summed E-state index contributed by atoms with van der Waals surface area (Å²) in [5.41, 5.74) is 2.39. The van der Waals surface area contributed by atoms with Gasteiger partial charge in [0.1, 0.15) is 11.8 Å². The molecule has 0 aromatic heterocycles. The number of fused-ring (bicyclic) bond motifs is 1. The lowest BCUT2D eigenvalue weighted by molar-refractivity contribution is 0.0962. The zero-order chi connectivity index (χ0) is 24.9. The highest BCUT2D eigenvalue weighted by Gasteiger charge is 2.19. The van der Waals surface area contributed by atoms with Crippen molar-refractivity contribution < 1.29 is 14.7 Å². The Labute approximate surface area is 201 Å². The van der Waals surface area contributed by atoms with Gasteiger partial charge >= 0.3 is 0 Å². The molecule has 35 heavy (non-hydrogen) atoms. The SMILES string of the molecule is CNC(=O)c1ccc(C)c(N=Nc2c(O)c(C(=O)Nc3ccccc3C#N)cc3ccccc23)c1. The number of azo groups is 1. The summed E-state index contributed by atoms with van der Waals surface area (Å²) in [6.45, 7) is 1.83. The quantitative estimate of drug-likeness (QED) is 0.326. The van der Waals surface area contributed by atoms with Gasteiger partial charge in [0.15, 0.2) is 5.75 Å². The molecule has 0 saturated heterocycles. The van der Waals surface area contributed by atoms with Crippen LogP contribution in [0.4, 0.5) is 17.1 Å². The second kappa shape index (κ2) is 9.85. The number of hydrogen-bond donors (Lipinski definition) is 3. The fourth-order valence-electron chi connectivity index (χ4n) is 3.58. The zero-order valence-electron chi connectivity index (χ0n) is 19.0. The van der Waals surface area contributed by atoms with Gasteiger partial charge in [0.2, 0.25) is 0 Å². The number of benzene rings is 4. The van der Waals surface area contributed by atoms with E-state index in [0.29, 0.717) is 33.3 Å². The van der Waals surface area contributed by atoms with Crippen LogP contribution in [0.2, 0.25) is 0 Å². The van der Waals surface area contributed by atoms with E-state index in [1.807, 2.05) is 19.1 Å². The number of anilines is 1. The molecule has 4 aromatic carbocycles. The number of nitrogens with one attached hydrogen (secondary N) is 2. The Balaban J connectivity index is 1.79. The highest BCUT2D eigenvalue weighted by molar-refractivity contribution is 6.12. The van der Waals surface area contributed by atoms with Crippen molar-refractivity contribution in [3.8, 4) is 11.8 Å². The number of carbonyl (C=O) groups excluding carboxylic acids is 2. The molecular weight excluding hydrogens is 442 g/mol. The van der Waals surface area contributed by atoms with Crippen LogP contribution in [-0.4, -0.2) is 24.0 Å². The van der Waals surface area contributed by atoms with Gasteiger partial charge in [0.05, 0.1) is 22.5 Å². The summed E-state index contributed by atoms with van der Waals surface area (Å²) in [4.78, 5) is 25.1. The molecule has 0 radical (unpaired) electrons. The molecule has 0 fully saturated rings. The third kappa shape index (κ3) is 4.70. The predicted octanol–water partition coefficient (Wildman–Crippen LogP) is 5.75. The van der Waals surface area contributed by atoms with Crippen LogP contribution in [0.5, 0.6) is 5.75 Å². The molecule has 2 amide bonds. The third-order valence-electron chi connectivity index (χ3n) is 5.49. The van der Waals surface area contributed by atoms with E-state index in [9.17, 15) is 20.0 Å². The normalized spacial score (nSPS) is 10.8. The van der Waals surface area contributed by atoms with E-state index in [2.05, 4.69) is 20.9 Å². The van der Waals surface area contributed by atoms with Gasteiger partial charge in [-0.1, -0.05) is 42.5 Å². The number of nitrogens with zero attached hydrogens (tertiary/aromatic N) is 3. The van der Waals surface area contributed by atoms with Crippen molar-refractivity contribution in [2.24, 2.45) is 10.2 Å². The summed E-state index contributed by atoms with van der Waals surface area (Å²) in [5.74, 6) is -1.20. The summed E-state index contributed by atoms with van der Waals surface area (Å²) >= 11 is 0. The van der Waals surface area contributed by atoms with Crippen molar-refractivity contribution in [2.45, 2.75) is 6.92 Å². The number of aromatic hydroxyl groups is 1. The first-order chi connectivity index (χ1) is 16.9. The Bertz CT molecular complexity index is 1540. The smallest absolute Gasteiger partial charge is 0.259 e. The van der Waals surface area contributed by atoms with Crippen LogP contribution in [0.15, 0.2) is 83.0 Å². The Morgan fingerprint density at radius 1 is 0.943 bits per heavy atom. The average Bonchev–Trinajstić information content (AvgIpc) is 2.88. The largest absolute Gasteiger partial charge is 0.505 e. The molecule has 0 aliphatic carbocycles. The molecule has 0 atom stereocenters. The van der Waals surface area contributed by atoms with E-state index in [0.717, 1.165) is 5.56 Å². The summed E-state index contributed by atoms with van der Waals surface area (Å²) in [5, 5.41) is 35.5. The molecular formula is C27H21N5O3. The monoisotopic (exact) mass is 463 g/mol. The van der Waals surface area contributed by atoms with Crippen molar-refractivity contribution in [3.05, 3.63) is 95.1 Å². The Hall–Kier alpha value is -5.03. The molecule has 0 bridgehead atoms. The first kappa shape index (κ1) is 23.1. The van der Waals surface area contributed by atoms with E-state index in [-0.39, 0.29) is 22.9 Å². The van der Waals surface area contributed by atoms with Gasteiger partial charge < -0.3 is 15.7 Å². The Morgan fingerprint density at radius 2 is 1.69 bits per heavy atom. The number of rotatable bonds is 5. The molecule has 4 rings (SSSR count). The van der Waals surface area contributed by atoms with E-state index in [1.54, 1.807) is 73.8 Å². The number of amides is 2. The number of aryl methyl sites for hydroxylation is 1. The van der Waals surface area contributed by atoms with Gasteiger partial charge in [0, 0.05) is 18.0 Å². The van der Waals surface area contributed by atoms with Crippen LogP contribution in [0.1, 0.15) is 31.8 Å². The minimum atomic E-state index is -0.592. The van der Waals surface area contributed by atoms with Gasteiger partial charge in [-0.15, -0.1) is 5.11 Å². The molecule has 3 N–H and O–H groups in total. The molecule has 0 saturated carbocycles. The first-order valence-corrected chi connectivity index (χ1v) is 10.7. The highest BCUT2D eigenvalue weighted by atomic mass is 16.3. The molecule has 0 aliphatic heterocycles. The van der Waals surface area contributed by atoms with Crippen LogP contribution in [-0.2, 0) is 0 Å². The fourth-order valence-corrected chi connectivity index (χ4v) is 3.58. The molecule has 8 heteroatoms. The molecule has 172 valence electrons. The Morgan fingerprint density at radius 3 is 2.46 bits per heavy atom. The minimum absolute atomic E-state index is 0.0128. The molecule has 8 nitrogen and oxygen atoms in total. The second-order valence-electron chi connectivity index (χ2n) is 7.73. The molecule has 4 aromatic rings. The van der Waals surface area contributed by atoms with E-state index in [1.165, 1.54) is 0 Å². The van der Waals surface area contributed by atoms with E-state index >= 15 is 0 Å². The third-order valence-corrected chi connectivity index (χ3v) is 5.49. The van der Waals surface area contributed by atoms with Gasteiger partial charge in [-0.05, 0) is 48.2 Å². The number of para-hydroxylation sites is 1. The van der Waals surface area contributed by atoms with E-state index in [4.69, 9.17) is 0 Å². The van der Waals surface area contributed by atoms with Crippen LogP contribution in [0, 0.1) is 18.3 Å². The van der Waals surface area contributed by atoms with Gasteiger partial charge in [-0.3, -0.25) is 9.59 Å². The van der Waals surface area contributed by atoms with Gasteiger partial charge in [0.25, 0.3) is 11.8 Å². The number of hydrogen-bond acceptors (Lipinski definition) is 6. The topological polar surface area (TPSA) is 127 Å². The summed E-state index contributed by atoms with van der Waals surface area (Å²) < 4.78 is 0. The lowest BCUT2D eigenvalue weighted by atomic mass is 10.0. The van der Waals surface area contributed by atoms with Crippen LogP contribution < -0.4 is 10.6 Å². The maximum absolute atomic E-state index is 13.1. The van der Waals surface area contributed by atoms with Gasteiger partial charge in [-0.25, -0.2) is 0 Å². The van der Waals surface area contributed by atoms with Crippen LogP contribution in [0.3, 0.4) is 0 Å². The molecule has 0 heterocycles. The number of carbonyl (C=O) groups is 2. The van der Waals surface area contributed by atoms with Crippen molar-refractivity contribution in [1.82, 2.24) is 5.32 Å². The second-order valence-corrected chi connectivity index (χ2v) is 7.73. The molecule has 0 unspecified atom stereocenters. The molecule has 0 spiro atoms. The van der Waals surface area contributed by atoms with Gasteiger partial charge in [-0.2, -0.15) is 10.4 Å². The summed E-state index contributed by atoms with van der Waals surface area (Å²) in [6.07, 6.45) is 0. The number of phenolic OH excluding ortho intramolecular Hbond substituents is 1. The average molecular weight is 463 g/mol. The lowest BCUT2D eigenvalue weighted by Gasteiger charge is -2.12. The maximum Gasteiger partial charge on any atom is 0.259 e. The summed E-state index contributed by atoms with van der Waals surface area (Å²) in [6, 6.07) is 22.4. The minimum Gasteiger partial charge on any atom is -0.505 e.